The molecule has 108 valence electrons. The molecule has 1 heterocycles. The van der Waals surface area contributed by atoms with Gasteiger partial charge in [-0.1, -0.05) is 26.2 Å². The molecule has 0 amide bonds. The third-order valence-corrected chi connectivity index (χ3v) is 5.32. The predicted molar refractivity (Wildman–Crippen MR) is 84.9 cm³/mol. The number of rotatable bonds is 6. The average molecular weight is 280 g/mol. The smallest absolute Gasteiger partial charge is 0.0515 e. The van der Waals surface area contributed by atoms with Crippen molar-refractivity contribution in [3.8, 4) is 0 Å². The molecule has 1 aliphatic carbocycles. The van der Waals surface area contributed by atoms with Gasteiger partial charge in [-0.05, 0) is 62.3 Å². The Morgan fingerprint density at radius 2 is 2.05 bits per heavy atom. The van der Waals surface area contributed by atoms with Crippen molar-refractivity contribution < 1.29 is 0 Å². The van der Waals surface area contributed by atoms with E-state index >= 15 is 0 Å². The van der Waals surface area contributed by atoms with E-state index in [1.807, 2.05) is 11.3 Å². The van der Waals surface area contributed by atoms with E-state index in [2.05, 4.69) is 48.1 Å². The van der Waals surface area contributed by atoms with E-state index in [4.69, 9.17) is 0 Å². The Kier molecular flexibility index (Phi) is 5.43. The Hall–Kier alpha value is -0.380. The first-order valence-electron chi connectivity index (χ1n) is 7.63. The summed E-state index contributed by atoms with van der Waals surface area (Å²) < 4.78 is 0. The van der Waals surface area contributed by atoms with Crippen LogP contribution in [0.2, 0.25) is 0 Å². The topological polar surface area (TPSA) is 15.3 Å². The molecular formula is C16H28N2S. The lowest BCUT2D eigenvalue weighted by atomic mass is 9.73. The number of hydrogen-bond acceptors (Lipinski definition) is 3. The van der Waals surface area contributed by atoms with Gasteiger partial charge < -0.3 is 10.2 Å². The molecular weight excluding hydrogens is 252 g/mol. The van der Waals surface area contributed by atoms with Crippen LogP contribution in [-0.4, -0.2) is 31.1 Å². The lowest BCUT2D eigenvalue weighted by molar-refractivity contribution is 0.0566. The largest absolute Gasteiger partial charge is 0.308 e. The Morgan fingerprint density at radius 1 is 1.32 bits per heavy atom. The SMILES string of the molecule is CCCNC(c1ccsc1)C1(N(C)C)CCCCC1. The van der Waals surface area contributed by atoms with Crippen LogP contribution in [0.3, 0.4) is 0 Å². The lowest BCUT2D eigenvalue weighted by Gasteiger charge is -2.49. The van der Waals surface area contributed by atoms with Gasteiger partial charge in [-0.15, -0.1) is 0 Å². The van der Waals surface area contributed by atoms with Crippen molar-refractivity contribution in [3.63, 3.8) is 0 Å². The minimum atomic E-state index is 0.300. The van der Waals surface area contributed by atoms with Crippen molar-refractivity contribution in [3.05, 3.63) is 22.4 Å². The Labute approximate surface area is 122 Å². The molecule has 0 radical (unpaired) electrons. The molecule has 0 aromatic carbocycles. The van der Waals surface area contributed by atoms with E-state index in [9.17, 15) is 0 Å². The van der Waals surface area contributed by atoms with Crippen LogP contribution in [0.1, 0.15) is 57.1 Å². The maximum absolute atomic E-state index is 3.83. The highest BCUT2D eigenvalue weighted by Crippen LogP contribution is 2.42. The number of likely N-dealkylation sites (N-methyl/N-ethyl adjacent to an activating group) is 1. The summed E-state index contributed by atoms with van der Waals surface area (Å²) in [6.07, 6.45) is 7.97. The van der Waals surface area contributed by atoms with Crippen LogP contribution in [0.4, 0.5) is 0 Å². The summed E-state index contributed by atoms with van der Waals surface area (Å²) in [5.74, 6) is 0. The van der Waals surface area contributed by atoms with Crippen LogP contribution in [0, 0.1) is 0 Å². The molecule has 1 unspecified atom stereocenters. The first-order chi connectivity index (χ1) is 9.20. The summed E-state index contributed by atoms with van der Waals surface area (Å²) >= 11 is 1.82. The van der Waals surface area contributed by atoms with Gasteiger partial charge in [0.15, 0.2) is 0 Å². The molecule has 1 aliphatic rings. The highest BCUT2D eigenvalue weighted by atomic mass is 32.1. The van der Waals surface area contributed by atoms with Gasteiger partial charge in [0.25, 0.3) is 0 Å². The Morgan fingerprint density at radius 3 is 2.58 bits per heavy atom. The van der Waals surface area contributed by atoms with Crippen molar-refractivity contribution in [1.82, 2.24) is 10.2 Å². The fourth-order valence-electron chi connectivity index (χ4n) is 3.50. The van der Waals surface area contributed by atoms with Crippen molar-refractivity contribution >= 4 is 11.3 Å². The quantitative estimate of drug-likeness (QED) is 0.845. The van der Waals surface area contributed by atoms with Gasteiger partial charge in [0.2, 0.25) is 0 Å². The van der Waals surface area contributed by atoms with Gasteiger partial charge in [-0.25, -0.2) is 0 Å². The Balaban J connectivity index is 2.27. The molecule has 1 saturated carbocycles. The maximum atomic E-state index is 3.83. The van der Waals surface area contributed by atoms with Crippen LogP contribution < -0.4 is 5.32 Å². The molecule has 19 heavy (non-hydrogen) atoms. The molecule has 0 bridgehead atoms. The molecule has 1 atom stereocenters. The van der Waals surface area contributed by atoms with Crippen molar-refractivity contribution in [2.45, 2.75) is 57.0 Å². The van der Waals surface area contributed by atoms with E-state index in [1.165, 1.54) is 44.1 Å². The fourth-order valence-corrected chi connectivity index (χ4v) is 4.19. The Bertz CT molecular complexity index is 353. The monoisotopic (exact) mass is 280 g/mol. The van der Waals surface area contributed by atoms with Gasteiger partial charge in [0.05, 0.1) is 6.04 Å². The molecule has 3 heteroatoms. The van der Waals surface area contributed by atoms with Gasteiger partial charge in [0.1, 0.15) is 0 Å². The zero-order valence-electron chi connectivity index (χ0n) is 12.6. The van der Waals surface area contributed by atoms with Crippen LogP contribution in [0.25, 0.3) is 0 Å². The second-order valence-corrected chi connectivity index (χ2v) is 6.78. The number of hydrogen-bond donors (Lipinski definition) is 1. The predicted octanol–water partition coefficient (Wildman–Crippen LogP) is 4.05. The third-order valence-electron chi connectivity index (χ3n) is 4.62. The number of thiophene rings is 1. The maximum Gasteiger partial charge on any atom is 0.0515 e. The average Bonchev–Trinajstić information content (AvgIpc) is 2.94. The molecule has 0 aliphatic heterocycles. The van der Waals surface area contributed by atoms with Crippen LogP contribution in [-0.2, 0) is 0 Å². The minimum absolute atomic E-state index is 0.300. The summed E-state index contributed by atoms with van der Waals surface area (Å²) in [6, 6.07) is 2.78. The first-order valence-corrected chi connectivity index (χ1v) is 8.58. The standard InChI is InChI=1S/C16H28N2S/c1-4-11-17-15(14-8-12-19-13-14)16(18(2)3)9-6-5-7-10-16/h8,12-13,15,17H,4-7,9-11H2,1-3H3. The van der Waals surface area contributed by atoms with Crippen molar-refractivity contribution in [2.24, 2.45) is 0 Å². The zero-order valence-corrected chi connectivity index (χ0v) is 13.4. The second kappa shape index (κ2) is 6.87. The van der Waals surface area contributed by atoms with Gasteiger partial charge in [-0.3, -0.25) is 0 Å². The number of nitrogens with zero attached hydrogens (tertiary/aromatic N) is 1. The van der Waals surface area contributed by atoms with Crippen molar-refractivity contribution in [1.29, 1.82) is 0 Å². The normalized spacial score (nSPS) is 20.6. The molecule has 1 N–H and O–H groups in total. The first kappa shape index (κ1) is 15.0. The molecule has 0 saturated heterocycles. The highest BCUT2D eigenvalue weighted by Gasteiger charge is 2.42. The van der Waals surface area contributed by atoms with E-state index in [1.54, 1.807) is 0 Å². The van der Waals surface area contributed by atoms with Gasteiger partial charge in [0, 0.05) is 5.54 Å². The van der Waals surface area contributed by atoms with Crippen LogP contribution in [0.15, 0.2) is 16.8 Å². The third kappa shape index (κ3) is 3.21. The lowest BCUT2D eigenvalue weighted by Crippen LogP contribution is -2.54. The van der Waals surface area contributed by atoms with Crippen LogP contribution in [0.5, 0.6) is 0 Å². The fraction of sp³-hybridized carbons (Fsp3) is 0.750. The van der Waals surface area contributed by atoms with E-state index < -0.39 is 0 Å². The van der Waals surface area contributed by atoms with E-state index in [0.29, 0.717) is 11.6 Å². The molecule has 2 nitrogen and oxygen atoms in total. The molecule has 1 aromatic heterocycles. The second-order valence-electron chi connectivity index (χ2n) is 6.00. The van der Waals surface area contributed by atoms with Gasteiger partial charge in [-0.2, -0.15) is 11.3 Å². The molecule has 0 spiro atoms. The van der Waals surface area contributed by atoms with E-state index in [-0.39, 0.29) is 0 Å². The zero-order chi connectivity index (χ0) is 13.7. The minimum Gasteiger partial charge on any atom is -0.308 e. The summed E-state index contributed by atoms with van der Waals surface area (Å²) in [6.45, 7) is 3.36. The summed E-state index contributed by atoms with van der Waals surface area (Å²) in [5.41, 5.74) is 1.78. The van der Waals surface area contributed by atoms with Crippen LogP contribution >= 0.6 is 11.3 Å². The van der Waals surface area contributed by atoms with Crippen molar-refractivity contribution in [2.75, 3.05) is 20.6 Å². The highest BCUT2D eigenvalue weighted by molar-refractivity contribution is 7.07. The number of nitrogens with one attached hydrogen (secondary N) is 1. The van der Waals surface area contributed by atoms with Gasteiger partial charge >= 0.3 is 0 Å². The van der Waals surface area contributed by atoms with E-state index in [0.717, 1.165) is 6.54 Å². The molecule has 2 rings (SSSR count). The molecule has 1 aromatic rings. The summed E-state index contributed by atoms with van der Waals surface area (Å²) in [5, 5.41) is 8.37. The summed E-state index contributed by atoms with van der Waals surface area (Å²) in [4.78, 5) is 2.48. The summed E-state index contributed by atoms with van der Waals surface area (Å²) in [7, 11) is 4.52. The molecule has 1 fully saturated rings.